The van der Waals surface area contributed by atoms with Crippen molar-refractivity contribution in [3.05, 3.63) is 27.7 Å². The highest BCUT2D eigenvalue weighted by molar-refractivity contribution is 8.13. The Morgan fingerprint density at radius 1 is 1.50 bits per heavy atom. The highest BCUT2D eigenvalue weighted by Gasteiger charge is 2.26. The van der Waals surface area contributed by atoms with E-state index in [1.54, 1.807) is 4.98 Å². The van der Waals surface area contributed by atoms with Gasteiger partial charge in [-0.05, 0) is 0 Å². The molecule has 0 aliphatic carbocycles. The highest BCUT2D eigenvalue weighted by Crippen LogP contribution is 2.29. The number of hydrogen-bond acceptors (Lipinski definition) is 4. The van der Waals surface area contributed by atoms with Crippen LogP contribution in [0.2, 0.25) is 0 Å². The highest BCUT2D eigenvalue weighted by atomic mass is 35.7. The maximum atomic E-state index is 12.5. The third-order valence-electron chi connectivity index (χ3n) is 1.64. The first kappa shape index (κ1) is 12.6. The predicted octanol–water partition coefficient (Wildman–Crippen LogP) is 1.11. The molecule has 0 fully saturated rings. The number of nitrogens with zero attached hydrogens (tertiary/aromatic N) is 1. The lowest BCUT2D eigenvalue weighted by Gasteiger charge is -2.06. The van der Waals surface area contributed by atoms with Crippen molar-refractivity contribution < 1.29 is 17.2 Å². The molecule has 16 heavy (non-hydrogen) atoms. The van der Waals surface area contributed by atoms with Crippen LogP contribution in [-0.2, 0) is 9.05 Å². The summed E-state index contributed by atoms with van der Waals surface area (Å²) < 4.78 is 47.0. The summed E-state index contributed by atoms with van der Waals surface area (Å²) in [6.45, 7) is 0. The standard InChI is InChI=1S/C7H3ClF2N2O3S/c8-16(14,15)4-1-5(13)12-3(2-11)6(4)7(9)10/h1,7H,(H,12,13). The largest absolute Gasteiger partial charge is 0.313 e. The van der Waals surface area contributed by atoms with Gasteiger partial charge in [0, 0.05) is 16.7 Å². The number of hydrogen-bond donors (Lipinski definition) is 1. The maximum absolute atomic E-state index is 12.5. The summed E-state index contributed by atoms with van der Waals surface area (Å²) in [5, 5.41) is 8.49. The summed E-state index contributed by atoms with van der Waals surface area (Å²) >= 11 is 0. The van der Waals surface area contributed by atoms with Gasteiger partial charge < -0.3 is 4.98 Å². The number of nitriles is 1. The second-order valence-electron chi connectivity index (χ2n) is 2.64. The van der Waals surface area contributed by atoms with Gasteiger partial charge in [-0.3, -0.25) is 4.79 Å². The van der Waals surface area contributed by atoms with E-state index in [-0.39, 0.29) is 0 Å². The third kappa shape index (κ3) is 2.37. The van der Waals surface area contributed by atoms with Crippen LogP contribution in [0.1, 0.15) is 17.7 Å². The lowest BCUT2D eigenvalue weighted by atomic mass is 10.2. The SMILES string of the molecule is N#Cc1[nH]c(=O)cc(S(=O)(=O)Cl)c1C(F)F. The first-order valence-corrected chi connectivity index (χ1v) is 5.98. The van der Waals surface area contributed by atoms with Crippen molar-refractivity contribution in [2.75, 3.05) is 0 Å². The van der Waals surface area contributed by atoms with E-state index in [1.807, 2.05) is 0 Å². The lowest BCUT2D eigenvalue weighted by Crippen LogP contribution is -2.14. The number of halogens is 3. The second-order valence-corrected chi connectivity index (χ2v) is 5.17. The fourth-order valence-corrected chi connectivity index (χ4v) is 2.14. The Bertz CT molecular complexity index is 617. The Morgan fingerprint density at radius 2 is 2.06 bits per heavy atom. The lowest BCUT2D eigenvalue weighted by molar-refractivity contribution is 0.147. The van der Waals surface area contributed by atoms with Gasteiger partial charge in [0.25, 0.3) is 15.5 Å². The molecule has 1 rings (SSSR count). The molecule has 9 heteroatoms. The molecular formula is C7H3ClF2N2O3S. The third-order valence-corrected chi connectivity index (χ3v) is 3.00. The van der Waals surface area contributed by atoms with Gasteiger partial charge in [0.05, 0.1) is 10.5 Å². The summed E-state index contributed by atoms with van der Waals surface area (Å²) in [5.41, 5.74) is -2.92. The van der Waals surface area contributed by atoms with Crippen LogP contribution in [0, 0.1) is 11.3 Å². The number of nitrogens with one attached hydrogen (secondary N) is 1. The van der Waals surface area contributed by atoms with Crippen molar-refractivity contribution in [2.45, 2.75) is 11.3 Å². The summed E-state index contributed by atoms with van der Waals surface area (Å²) in [6, 6.07) is 1.68. The quantitative estimate of drug-likeness (QED) is 0.814. The molecule has 0 saturated carbocycles. The Balaban J connectivity index is 3.81. The molecule has 1 aromatic rings. The van der Waals surface area contributed by atoms with Crippen molar-refractivity contribution in [1.82, 2.24) is 4.98 Å². The van der Waals surface area contributed by atoms with E-state index in [2.05, 4.69) is 0 Å². The summed E-state index contributed by atoms with van der Waals surface area (Å²) in [4.78, 5) is 11.7. The second kappa shape index (κ2) is 4.19. The molecule has 0 bridgehead atoms. The molecule has 0 spiro atoms. The average Bonchev–Trinajstić information content (AvgIpc) is 2.14. The number of H-pyrrole nitrogens is 1. The zero-order chi connectivity index (χ0) is 12.5. The Kier molecular flexibility index (Phi) is 3.30. The number of alkyl halides is 2. The molecule has 1 N–H and O–H groups in total. The van der Waals surface area contributed by atoms with Crippen LogP contribution in [0.4, 0.5) is 8.78 Å². The molecule has 0 aliphatic heterocycles. The van der Waals surface area contributed by atoms with Crippen molar-refractivity contribution in [3.63, 3.8) is 0 Å². The summed E-state index contributed by atoms with van der Waals surface area (Å²) in [6.07, 6.45) is -3.24. The van der Waals surface area contributed by atoms with Gasteiger partial charge in [0.2, 0.25) is 5.56 Å². The fourth-order valence-electron chi connectivity index (χ4n) is 1.05. The van der Waals surface area contributed by atoms with E-state index < -0.39 is 37.2 Å². The molecule has 0 radical (unpaired) electrons. The number of rotatable bonds is 2. The van der Waals surface area contributed by atoms with Gasteiger partial charge >= 0.3 is 0 Å². The Hall–Kier alpha value is -1.46. The van der Waals surface area contributed by atoms with Crippen LogP contribution in [-0.4, -0.2) is 13.4 Å². The first-order valence-electron chi connectivity index (χ1n) is 3.67. The predicted molar refractivity (Wildman–Crippen MR) is 49.8 cm³/mol. The normalized spacial score (nSPS) is 11.4. The van der Waals surface area contributed by atoms with Crippen LogP contribution in [0.3, 0.4) is 0 Å². The van der Waals surface area contributed by atoms with Gasteiger partial charge in [0.1, 0.15) is 11.8 Å². The molecule has 0 saturated heterocycles. The minimum absolute atomic E-state index is 0.407. The van der Waals surface area contributed by atoms with E-state index in [9.17, 15) is 22.0 Å². The molecule has 0 amide bonds. The van der Waals surface area contributed by atoms with E-state index >= 15 is 0 Å². The zero-order valence-electron chi connectivity index (χ0n) is 7.37. The van der Waals surface area contributed by atoms with Gasteiger partial charge in [-0.2, -0.15) is 5.26 Å². The van der Waals surface area contributed by atoms with E-state index in [0.717, 1.165) is 0 Å². The van der Waals surface area contributed by atoms with Crippen LogP contribution in [0.25, 0.3) is 0 Å². The topological polar surface area (TPSA) is 90.8 Å². The first-order chi connectivity index (χ1) is 7.27. The van der Waals surface area contributed by atoms with Gasteiger partial charge in [0.15, 0.2) is 0 Å². The smallest absolute Gasteiger partial charge is 0.267 e. The monoisotopic (exact) mass is 268 g/mol. The molecule has 0 aromatic carbocycles. The van der Waals surface area contributed by atoms with E-state index in [1.165, 1.54) is 6.07 Å². The minimum atomic E-state index is -4.51. The van der Waals surface area contributed by atoms with Crippen molar-refractivity contribution in [1.29, 1.82) is 5.26 Å². The van der Waals surface area contributed by atoms with Gasteiger partial charge in [-0.1, -0.05) is 0 Å². The van der Waals surface area contributed by atoms with Crippen molar-refractivity contribution >= 4 is 19.7 Å². The Morgan fingerprint density at radius 3 is 2.44 bits per heavy atom. The number of aromatic amines is 1. The number of aromatic nitrogens is 1. The van der Waals surface area contributed by atoms with Crippen LogP contribution >= 0.6 is 10.7 Å². The molecule has 86 valence electrons. The molecule has 1 aromatic heterocycles. The van der Waals surface area contributed by atoms with Crippen molar-refractivity contribution in [2.24, 2.45) is 0 Å². The molecular weight excluding hydrogens is 266 g/mol. The molecule has 5 nitrogen and oxygen atoms in total. The van der Waals surface area contributed by atoms with Gasteiger partial charge in [-0.25, -0.2) is 17.2 Å². The molecule has 0 unspecified atom stereocenters. The zero-order valence-corrected chi connectivity index (χ0v) is 8.94. The van der Waals surface area contributed by atoms with Crippen molar-refractivity contribution in [3.8, 4) is 6.07 Å². The minimum Gasteiger partial charge on any atom is -0.313 e. The maximum Gasteiger partial charge on any atom is 0.267 e. The summed E-state index contributed by atoms with van der Waals surface area (Å²) in [7, 11) is 0.373. The van der Waals surface area contributed by atoms with Gasteiger partial charge in [-0.15, -0.1) is 0 Å². The fraction of sp³-hybridized carbons (Fsp3) is 0.143. The van der Waals surface area contributed by atoms with Crippen LogP contribution < -0.4 is 5.56 Å². The van der Waals surface area contributed by atoms with Crippen LogP contribution in [0.5, 0.6) is 0 Å². The summed E-state index contributed by atoms with van der Waals surface area (Å²) in [5.74, 6) is 0. The average molecular weight is 269 g/mol. The van der Waals surface area contributed by atoms with E-state index in [4.69, 9.17) is 15.9 Å². The Labute approximate surface area is 92.7 Å². The van der Waals surface area contributed by atoms with E-state index in [0.29, 0.717) is 6.07 Å². The molecule has 0 atom stereocenters. The van der Waals surface area contributed by atoms with Crippen LogP contribution in [0.15, 0.2) is 15.8 Å². The molecule has 0 aliphatic rings. The number of pyridine rings is 1. The molecule has 1 heterocycles.